The van der Waals surface area contributed by atoms with Gasteiger partial charge in [-0.3, -0.25) is 9.59 Å². The van der Waals surface area contributed by atoms with Gasteiger partial charge in [-0.15, -0.1) is 0 Å². The SMILES string of the molecule is O=C(N/N=C/c1cccc(I)c1)c1cccc(C(=O)N/N=C/c2cccc(I)c2)n1. The van der Waals surface area contributed by atoms with Crippen LogP contribution in [0, 0.1) is 7.14 Å². The molecule has 30 heavy (non-hydrogen) atoms. The van der Waals surface area contributed by atoms with Crippen LogP contribution in [0.15, 0.2) is 76.9 Å². The Balaban J connectivity index is 1.60. The molecule has 2 N–H and O–H groups in total. The third kappa shape index (κ3) is 6.69. The van der Waals surface area contributed by atoms with Crippen LogP contribution in [0.3, 0.4) is 0 Å². The average molecular weight is 623 g/mol. The van der Waals surface area contributed by atoms with E-state index in [2.05, 4.69) is 71.2 Å². The Morgan fingerprint density at radius 2 is 1.17 bits per heavy atom. The number of aromatic nitrogens is 1. The summed E-state index contributed by atoms with van der Waals surface area (Å²) in [7, 11) is 0. The first-order valence-electron chi connectivity index (χ1n) is 8.66. The highest BCUT2D eigenvalue weighted by atomic mass is 127. The van der Waals surface area contributed by atoms with Crippen molar-refractivity contribution in [1.29, 1.82) is 0 Å². The molecule has 0 fully saturated rings. The molecule has 2 amide bonds. The summed E-state index contributed by atoms with van der Waals surface area (Å²) in [5.74, 6) is -1.04. The number of hydrogen-bond donors (Lipinski definition) is 2. The van der Waals surface area contributed by atoms with Gasteiger partial charge in [0, 0.05) is 7.14 Å². The van der Waals surface area contributed by atoms with Gasteiger partial charge in [0.05, 0.1) is 12.4 Å². The fraction of sp³-hybridized carbons (Fsp3) is 0. The number of rotatable bonds is 6. The molecule has 0 aliphatic heterocycles. The fourth-order valence-electron chi connectivity index (χ4n) is 2.31. The molecule has 0 atom stereocenters. The summed E-state index contributed by atoms with van der Waals surface area (Å²) in [4.78, 5) is 28.6. The Morgan fingerprint density at radius 1 is 0.733 bits per heavy atom. The van der Waals surface area contributed by atoms with Crippen molar-refractivity contribution in [2.45, 2.75) is 0 Å². The van der Waals surface area contributed by atoms with Gasteiger partial charge in [0.25, 0.3) is 11.8 Å². The number of halogens is 2. The van der Waals surface area contributed by atoms with Gasteiger partial charge >= 0.3 is 0 Å². The highest BCUT2D eigenvalue weighted by Crippen LogP contribution is 2.06. The first-order valence-corrected chi connectivity index (χ1v) is 10.8. The van der Waals surface area contributed by atoms with E-state index >= 15 is 0 Å². The van der Waals surface area contributed by atoms with E-state index in [9.17, 15) is 9.59 Å². The van der Waals surface area contributed by atoms with E-state index in [1.165, 1.54) is 24.6 Å². The van der Waals surface area contributed by atoms with Gasteiger partial charge in [-0.25, -0.2) is 15.8 Å². The lowest BCUT2D eigenvalue weighted by Gasteiger charge is -2.03. The molecule has 0 saturated carbocycles. The number of nitrogens with zero attached hydrogens (tertiary/aromatic N) is 3. The Bertz CT molecular complexity index is 1050. The third-order valence-corrected chi connectivity index (χ3v) is 5.01. The van der Waals surface area contributed by atoms with Crippen LogP contribution in [0.5, 0.6) is 0 Å². The van der Waals surface area contributed by atoms with Gasteiger partial charge in [-0.2, -0.15) is 10.2 Å². The van der Waals surface area contributed by atoms with E-state index < -0.39 is 11.8 Å². The van der Waals surface area contributed by atoms with Crippen molar-refractivity contribution in [3.63, 3.8) is 0 Å². The number of hydrogen-bond acceptors (Lipinski definition) is 5. The van der Waals surface area contributed by atoms with Gasteiger partial charge in [0.15, 0.2) is 0 Å². The summed E-state index contributed by atoms with van der Waals surface area (Å²) >= 11 is 4.39. The Kier molecular flexibility index (Phi) is 8.02. The molecule has 0 unspecified atom stereocenters. The van der Waals surface area contributed by atoms with Crippen LogP contribution in [-0.4, -0.2) is 29.2 Å². The maximum Gasteiger partial charge on any atom is 0.289 e. The fourth-order valence-corrected chi connectivity index (χ4v) is 3.44. The molecule has 0 spiro atoms. The summed E-state index contributed by atoms with van der Waals surface area (Å²) in [6.45, 7) is 0. The summed E-state index contributed by atoms with van der Waals surface area (Å²) in [6.07, 6.45) is 3.08. The quantitative estimate of drug-likeness (QED) is 0.249. The van der Waals surface area contributed by atoms with Crippen molar-refractivity contribution >= 4 is 69.4 Å². The molecule has 1 heterocycles. The summed E-state index contributed by atoms with van der Waals surface area (Å²) in [5.41, 5.74) is 6.67. The average Bonchev–Trinajstić information content (AvgIpc) is 2.74. The summed E-state index contributed by atoms with van der Waals surface area (Å²) in [5, 5.41) is 7.86. The molecule has 2 aromatic carbocycles. The molecule has 9 heteroatoms. The predicted molar refractivity (Wildman–Crippen MR) is 133 cm³/mol. The maximum absolute atomic E-state index is 12.3. The largest absolute Gasteiger partial charge is 0.289 e. The van der Waals surface area contributed by atoms with Crippen LogP contribution >= 0.6 is 45.2 Å². The number of carbonyl (C=O) groups excluding carboxylic acids is 2. The molecule has 0 aliphatic carbocycles. The molecule has 1 aromatic heterocycles. The third-order valence-electron chi connectivity index (χ3n) is 3.67. The van der Waals surface area contributed by atoms with Crippen molar-refractivity contribution in [2.24, 2.45) is 10.2 Å². The van der Waals surface area contributed by atoms with Crippen LogP contribution < -0.4 is 10.9 Å². The number of carbonyl (C=O) groups is 2. The molecule has 7 nitrogen and oxygen atoms in total. The second-order valence-electron chi connectivity index (χ2n) is 5.92. The molecule has 3 aromatic rings. The highest BCUT2D eigenvalue weighted by Gasteiger charge is 2.11. The molecule has 3 rings (SSSR count). The van der Waals surface area contributed by atoms with E-state index in [4.69, 9.17) is 0 Å². The van der Waals surface area contributed by atoms with Crippen molar-refractivity contribution in [3.8, 4) is 0 Å². The molecule has 0 radical (unpaired) electrons. The molecule has 0 saturated heterocycles. The zero-order chi connectivity index (χ0) is 21.3. The first kappa shape index (κ1) is 22.0. The molecular weight excluding hydrogens is 608 g/mol. The van der Waals surface area contributed by atoms with E-state index in [0.717, 1.165) is 18.3 Å². The van der Waals surface area contributed by atoms with Crippen LogP contribution in [0.4, 0.5) is 0 Å². The number of pyridine rings is 1. The Hall–Kier alpha value is -2.67. The second kappa shape index (κ2) is 10.9. The highest BCUT2D eigenvalue weighted by molar-refractivity contribution is 14.1. The van der Waals surface area contributed by atoms with Gasteiger partial charge in [-0.1, -0.05) is 30.3 Å². The lowest BCUT2D eigenvalue weighted by Crippen LogP contribution is -2.23. The number of nitrogens with one attached hydrogen (secondary N) is 2. The minimum Gasteiger partial charge on any atom is -0.266 e. The van der Waals surface area contributed by atoms with Gasteiger partial charge < -0.3 is 0 Å². The van der Waals surface area contributed by atoms with E-state index in [0.29, 0.717) is 0 Å². The van der Waals surface area contributed by atoms with Crippen molar-refractivity contribution in [1.82, 2.24) is 15.8 Å². The zero-order valence-corrected chi connectivity index (χ0v) is 19.7. The summed E-state index contributed by atoms with van der Waals surface area (Å²) < 4.78 is 2.13. The smallest absolute Gasteiger partial charge is 0.266 e. The Labute approximate surface area is 200 Å². The number of amides is 2. The van der Waals surface area contributed by atoms with E-state index in [-0.39, 0.29) is 11.4 Å². The lowest BCUT2D eigenvalue weighted by molar-refractivity contribution is 0.0946. The summed E-state index contributed by atoms with van der Waals surface area (Å²) in [6, 6.07) is 19.9. The van der Waals surface area contributed by atoms with Gasteiger partial charge in [0.2, 0.25) is 0 Å². The standard InChI is InChI=1S/C21H15I2N5O2/c22-16-6-1-4-14(10-16)12-24-27-20(29)18-8-3-9-19(26-18)21(30)28-25-13-15-5-2-7-17(23)11-15/h1-13H,(H,27,29)(H,28,30)/b24-12+,25-13+. The van der Waals surface area contributed by atoms with E-state index in [1.54, 1.807) is 6.07 Å². The van der Waals surface area contributed by atoms with Crippen LogP contribution in [0.1, 0.15) is 32.1 Å². The molecule has 0 aliphatic rings. The number of benzene rings is 2. The van der Waals surface area contributed by atoms with Crippen molar-refractivity contribution < 1.29 is 9.59 Å². The molecular formula is C21H15I2N5O2. The number of hydrazone groups is 2. The maximum atomic E-state index is 12.3. The van der Waals surface area contributed by atoms with Crippen LogP contribution in [0.25, 0.3) is 0 Å². The predicted octanol–water partition coefficient (Wildman–Crippen LogP) is 3.82. The molecule has 0 bridgehead atoms. The Morgan fingerprint density at radius 3 is 1.60 bits per heavy atom. The second-order valence-corrected chi connectivity index (χ2v) is 8.41. The van der Waals surface area contributed by atoms with Crippen LogP contribution in [-0.2, 0) is 0 Å². The first-order chi connectivity index (χ1) is 14.5. The van der Waals surface area contributed by atoms with Gasteiger partial charge in [-0.05, 0) is 92.7 Å². The minimum absolute atomic E-state index is 0.0732. The zero-order valence-electron chi connectivity index (χ0n) is 15.4. The van der Waals surface area contributed by atoms with Crippen molar-refractivity contribution in [2.75, 3.05) is 0 Å². The monoisotopic (exact) mass is 623 g/mol. The van der Waals surface area contributed by atoms with Crippen LogP contribution in [0.2, 0.25) is 0 Å². The van der Waals surface area contributed by atoms with Gasteiger partial charge in [0.1, 0.15) is 11.4 Å². The molecule has 150 valence electrons. The lowest BCUT2D eigenvalue weighted by atomic mass is 10.2. The van der Waals surface area contributed by atoms with Crippen molar-refractivity contribution in [3.05, 3.63) is 96.4 Å². The normalized spacial score (nSPS) is 11.0. The minimum atomic E-state index is -0.520. The van der Waals surface area contributed by atoms with E-state index in [1.807, 2.05) is 48.5 Å². The topological polar surface area (TPSA) is 95.8 Å².